The summed E-state index contributed by atoms with van der Waals surface area (Å²) in [6.45, 7) is 6.13. The van der Waals surface area contributed by atoms with Crippen LogP contribution in [0, 0.1) is 30.9 Å². The molecular weight excluding hydrogens is 486 g/mol. The van der Waals surface area contributed by atoms with Crippen LogP contribution in [0.25, 0.3) is 5.69 Å². The molecule has 0 aliphatic carbocycles. The molecule has 4 aromatic rings. The van der Waals surface area contributed by atoms with Crippen LogP contribution in [-0.4, -0.2) is 26.7 Å². The molecule has 1 saturated heterocycles. The van der Waals surface area contributed by atoms with Crippen molar-refractivity contribution in [3.05, 3.63) is 111 Å². The van der Waals surface area contributed by atoms with Crippen LogP contribution in [0.3, 0.4) is 0 Å². The first-order valence-electron chi connectivity index (χ1n) is 11.9. The third-order valence-corrected chi connectivity index (χ3v) is 7.10. The second-order valence-electron chi connectivity index (χ2n) is 9.11. The number of nitro groups is 1. The number of nitrogens with one attached hydrogen (secondary N) is 1. The zero-order valence-electron chi connectivity index (χ0n) is 21.0. The SMILES string of the molecule is COc1cc([N+](=O)[O-])ccc1-n1c(C)cc([C@H]2[C@H](c3ccccn3)NC(=S)N2c2cccc(C)c2)c1C. The number of hydrogen-bond donors (Lipinski definition) is 1. The molecule has 0 amide bonds. The van der Waals surface area contributed by atoms with Crippen molar-refractivity contribution in [2.45, 2.75) is 32.9 Å². The highest BCUT2D eigenvalue weighted by atomic mass is 32.1. The van der Waals surface area contributed by atoms with Crippen molar-refractivity contribution in [2.75, 3.05) is 12.0 Å². The van der Waals surface area contributed by atoms with Gasteiger partial charge < -0.3 is 19.5 Å². The molecule has 188 valence electrons. The Morgan fingerprint density at radius 1 is 1.05 bits per heavy atom. The highest BCUT2D eigenvalue weighted by Crippen LogP contribution is 2.44. The van der Waals surface area contributed by atoms with E-state index in [9.17, 15) is 10.1 Å². The monoisotopic (exact) mass is 513 g/mol. The number of methoxy groups -OCH3 is 1. The lowest BCUT2D eigenvalue weighted by Gasteiger charge is -2.28. The van der Waals surface area contributed by atoms with E-state index in [1.54, 1.807) is 12.3 Å². The lowest BCUT2D eigenvalue weighted by Crippen LogP contribution is -2.29. The summed E-state index contributed by atoms with van der Waals surface area (Å²) in [7, 11) is 1.52. The number of ether oxygens (including phenoxy) is 1. The largest absolute Gasteiger partial charge is 0.494 e. The Hall–Kier alpha value is -4.24. The highest BCUT2D eigenvalue weighted by Gasteiger charge is 2.42. The molecule has 0 radical (unpaired) electrons. The minimum Gasteiger partial charge on any atom is -0.494 e. The van der Waals surface area contributed by atoms with Gasteiger partial charge in [-0.25, -0.2) is 0 Å². The number of pyridine rings is 1. The molecule has 0 bridgehead atoms. The zero-order valence-corrected chi connectivity index (χ0v) is 21.8. The quantitative estimate of drug-likeness (QED) is 0.195. The molecule has 2 aromatic carbocycles. The van der Waals surface area contributed by atoms with E-state index in [-0.39, 0.29) is 17.8 Å². The van der Waals surface area contributed by atoms with Crippen LogP contribution in [0.2, 0.25) is 0 Å². The van der Waals surface area contributed by atoms with Crippen LogP contribution >= 0.6 is 12.2 Å². The molecule has 1 N–H and O–H groups in total. The first kappa shape index (κ1) is 24.5. The van der Waals surface area contributed by atoms with Crippen molar-refractivity contribution in [3.63, 3.8) is 0 Å². The summed E-state index contributed by atoms with van der Waals surface area (Å²) in [5, 5.41) is 15.5. The third kappa shape index (κ3) is 4.31. The Morgan fingerprint density at radius 3 is 2.54 bits per heavy atom. The number of benzene rings is 2. The van der Waals surface area contributed by atoms with Gasteiger partial charge in [-0.2, -0.15) is 0 Å². The molecule has 37 heavy (non-hydrogen) atoms. The number of thiocarbonyl (C=S) groups is 1. The number of non-ortho nitro benzene ring substituents is 1. The maximum Gasteiger partial charge on any atom is 0.273 e. The van der Waals surface area contributed by atoms with Gasteiger partial charge in [0.25, 0.3) is 5.69 Å². The number of nitro benzene ring substituents is 1. The van der Waals surface area contributed by atoms with Crippen molar-refractivity contribution in [3.8, 4) is 11.4 Å². The second-order valence-corrected chi connectivity index (χ2v) is 9.50. The number of hydrogen-bond acceptors (Lipinski definition) is 5. The molecule has 0 unspecified atom stereocenters. The van der Waals surface area contributed by atoms with Crippen LogP contribution < -0.4 is 15.0 Å². The standard InChI is InChI=1S/C28H27N5O3S/c1-17-8-7-9-20(14-17)32-27(26(30-28(32)37)23-10-5-6-13-29-23)22-15-18(2)31(19(22)3)24-12-11-21(33(34)35)16-25(24)36-4/h5-16,26-27H,1-4H3,(H,30,37)/t26-,27-/m0/s1. The van der Waals surface area contributed by atoms with Crippen molar-refractivity contribution in [1.82, 2.24) is 14.9 Å². The van der Waals surface area contributed by atoms with Gasteiger partial charge in [-0.1, -0.05) is 18.2 Å². The van der Waals surface area contributed by atoms with Crippen molar-refractivity contribution >= 4 is 28.7 Å². The van der Waals surface area contributed by atoms with Crippen LogP contribution in [0.1, 0.15) is 40.3 Å². The van der Waals surface area contributed by atoms with E-state index in [1.165, 1.54) is 19.2 Å². The summed E-state index contributed by atoms with van der Waals surface area (Å²) >= 11 is 5.87. The number of anilines is 1. The van der Waals surface area contributed by atoms with Crippen LogP contribution in [0.5, 0.6) is 5.75 Å². The Bertz CT molecular complexity index is 1500. The number of rotatable bonds is 6. The summed E-state index contributed by atoms with van der Waals surface area (Å²) < 4.78 is 7.64. The predicted molar refractivity (Wildman–Crippen MR) is 148 cm³/mol. The third-order valence-electron chi connectivity index (χ3n) is 6.78. The first-order valence-corrected chi connectivity index (χ1v) is 12.3. The Morgan fingerprint density at radius 2 is 1.86 bits per heavy atom. The predicted octanol–water partition coefficient (Wildman–Crippen LogP) is 5.89. The second kappa shape index (κ2) is 9.67. The van der Waals surface area contributed by atoms with Crippen molar-refractivity contribution < 1.29 is 9.66 Å². The Kier molecular flexibility index (Phi) is 6.39. The fourth-order valence-electron chi connectivity index (χ4n) is 5.15. The van der Waals surface area contributed by atoms with E-state index in [1.807, 2.05) is 31.2 Å². The first-order chi connectivity index (χ1) is 17.8. The molecule has 0 spiro atoms. The molecule has 1 aliphatic heterocycles. The van der Waals surface area contributed by atoms with Gasteiger partial charge >= 0.3 is 0 Å². The summed E-state index contributed by atoms with van der Waals surface area (Å²) in [6.07, 6.45) is 1.79. The van der Waals surface area contributed by atoms with Gasteiger partial charge in [0, 0.05) is 29.3 Å². The van der Waals surface area contributed by atoms with Crippen LogP contribution in [0.4, 0.5) is 11.4 Å². The summed E-state index contributed by atoms with van der Waals surface area (Å²) in [4.78, 5) is 17.7. The minimum absolute atomic E-state index is 0.0190. The van der Waals surface area contributed by atoms with E-state index in [2.05, 4.69) is 57.9 Å². The van der Waals surface area contributed by atoms with E-state index in [0.717, 1.165) is 39.6 Å². The van der Waals surface area contributed by atoms with Gasteiger partial charge in [-0.15, -0.1) is 0 Å². The van der Waals surface area contributed by atoms with Gasteiger partial charge in [-0.05, 0) is 80.5 Å². The average Bonchev–Trinajstić information content (AvgIpc) is 3.39. The molecule has 5 rings (SSSR count). The van der Waals surface area contributed by atoms with Crippen LogP contribution in [0.15, 0.2) is 72.9 Å². The molecule has 2 atom stereocenters. The molecular formula is C28H27N5O3S. The van der Waals surface area contributed by atoms with E-state index >= 15 is 0 Å². The van der Waals surface area contributed by atoms with Gasteiger partial charge in [0.2, 0.25) is 0 Å². The van der Waals surface area contributed by atoms with E-state index < -0.39 is 4.92 Å². The molecule has 1 fully saturated rings. The lowest BCUT2D eigenvalue weighted by molar-refractivity contribution is -0.384. The average molecular weight is 514 g/mol. The molecule has 8 nitrogen and oxygen atoms in total. The lowest BCUT2D eigenvalue weighted by atomic mass is 9.96. The number of nitrogens with zero attached hydrogens (tertiary/aromatic N) is 4. The Balaban J connectivity index is 1.69. The summed E-state index contributed by atoms with van der Waals surface area (Å²) in [6, 6.07) is 20.6. The van der Waals surface area contributed by atoms with Gasteiger partial charge in [0.05, 0.1) is 41.6 Å². The smallest absolute Gasteiger partial charge is 0.273 e. The number of aromatic nitrogens is 2. The summed E-state index contributed by atoms with van der Waals surface area (Å²) in [5.41, 5.74) is 6.78. The van der Waals surface area contributed by atoms with Gasteiger partial charge in [0.1, 0.15) is 5.75 Å². The normalized spacial score (nSPS) is 17.1. The topological polar surface area (TPSA) is 85.5 Å². The minimum atomic E-state index is -0.421. The zero-order chi connectivity index (χ0) is 26.3. The van der Waals surface area contributed by atoms with Crippen molar-refractivity contribution in [1.29, 1.82) is 0 Å². The Labute approximate surface area is 220 Å². The maximum absolute atomic E-state index is 11.3. The molecule has 0 saturated carbocycles. The highest BCUT2D eigenvalue weighted by molar-refractivity contribution is 7.80. The van der Waals surface area contributed by atoms with Crippen LogP contribution in [-0.2, 0) is 0 Å². The molecule has 2 aromatic heterocycles. The van der Waals surface area contributed by atoms with E-state index in [4.69, 9.17) is 17.0 Å². The van der Waals surface area contributed by atoms with Crippen molar-refractivity contribution in [2.24, 2.45) is 0 Å². The maximum atomic E-state index is 11.3. The molecule has 3 heterocycles. The van der Waals surface area contributed by atoms with E-state index in [0.29, 0.717) is 10.9 Å². The fourth-order valence-corrected chi connectivity index (χ4v) is 5.50. The fraction of sp³-hybridized carbons (Fsp3) is 0.214. The molecule has 9 heteroatoms. The molecule has 1 aliphatic rings. The summed E-state index contributed by atoms with van der Waals surface area (Å²) in [5.74, 6) is 0.430. The van der Waals surface area contributed by atoms with Gasteiger partial charge in [-0.3, -0.25) is 15.1 Å². The number of aryl methyl sites for hydroxylation is 2. The van der Waals surface area contributed by atoms with Gasteiger partial charge in [0.15, 0.2) is 5.11 Å².